The first-order chi connectivity index (χ1) is 8.95. The molecule has 1 atom stereocenters. The van der Waals surface area contributed by atoms with Gasteiger partial charge in [0.05, 0.1) is 0 Å². The zero-order chi connectivity index (χ0) is 14.4. The maximum Gasteiger partial charge on any atom is 0.336 e. The monoisotopic (exact) mass is 266 g/mol. The summed E-state index contributed by atoms with van der Waals surface area (Å²) in [6, 6.07) is 6.01. The maximum atomic E-state index is 11.0. The van der Waals surface area contributed by atoms with Gasteiger partial charge in [-0.15, -0.1) is 0 Å². The molecule has 106 valence electrons. The highest BCUT2D eigenvalue weighted by atomic mass is 16.5. The van der Waals surface area contributed by atoms with Crippen molar-refractivity contribution in [1.29, 1.82) is 0 Å². The van der Waals surface area contributed by atoms with E-state index in [0.29, 0.717) is 12.5 Å². The van der Waals surface area contributed by atoms with Crippen LogP contribution >= 0.6 is 0 Å². The highest BCUT2D eigenvalue weighted by molar-refractivity contribution is 5.72. The summed E-state index contributed by atoms with van der Waals surface area (Å²) >= 11 is 0. The van der Waals surface area contributed by atoms with Gasteiger partial charge in [0, 0.05) is 6.61 Å². The number of carbonyl (C=O) groups is 1. The summed E-state index contributed by atoms with van der Waals surface area (Å²) in [5.74, 6) is 0.127. The van der Waals surface area contributed by atoms with E-state index in [1.807, 2.05) is 19.1 Å². The molecule has 1 rings (SSSR count). The zero-order valence-electron chi connectivity index (χ0n) is 12.0. The Morgan fingerprint density at radius 2 is 2.05 bits per heavy atom. The quantitative estimate of drug-likeness (QED) is 0.824. The fourth-order valence-electron chi connectivity index (χ4n) is 1.69. The number of aliphatic carboxylic acids is 1. The van der Waals surface area contributed by atoms with Crippen molar-refractivity contribution >= 4 is 5.97 Å². The van der Waals surface area contributed by atoms with Crippen LogP contribution in [-0.4, -0.2) is 30.4 Å². The summed E-state index contributed by atoms with van der Waals surface area (Å²) < 4.78 is 10.7. The Morgan fingerprint density at radius 3 is 2.58 bits per heavy atom. The summed E-state index contributed by atoms with van der Waals surface area (Å²) in [5.41, 5.74) is 2.16. The van der Waals surface area contributed by atoms with E-state index in [4.69, 9.17) is 14.6 Å². The van der Waals surface area contributed by atoms with Gasteiger partial charge in [0.2, 0.25) is 0 Å². The molecular formula is C15H22O4. The lowest BCUT2D eigenvalue weighted by molar-refractivity contribution is -0.152. The predicted octanol–water partition coefficient (Wildman–Crippen LogP) is 2.99. The van der Waals surface area contributed by atoms with Crippen LogP contribution in [0.2, 0.25) is 0 Å². The van der Waals surface area contributed by atoms with E-state index in [9.17, 15) is 4.79 Å². The number of aryl methyl sites for hydroxylation is 1. The molecular weight excluding hydrogens is 244 g/mol. The van der Waals surface area contributed by atoms with Gasteiger partial charge in [-0.3, -0.25) is 0 Å². The topological polar surface area (TPSA) is 55.8 Å². The zero-order valence-corrected chi connectivity index (χ0v) is 12.0. The third kappa shape index (κ3) is 4.56. The molecule has 0 saturated heterocycles. The number of hydrogen-bond acceptors (Lipinski definition) is 3. The van der Waals surface area contributed by atoms with E-state index in [1.165, 1.54) is 5.56 Å². The van der Waals surface area contributed by atoms with Gasteiger partial charge >= 0.3 is 5.97 Å². The van der Waals surface area contributed by atoms with E-state index >= 15 is 0 Å². The lowest BCUT2D eigenvalue weighted by Crippen LogP contribution is -2.30. The van der Waals surface area contributed by atoms with Crippen molar-refractivity contribution in [2.75, 3.05) is 13.2 Å². The summed E-state index contributed by atoms with van der Waals surface area (Å²) in [6.07, 6.45) is -0.924. The van der Waals surface area contributed by atoms with Gasteiger partial charge in [-0.05, 0) is 37.0 Å². The molecule has 0 fully saturated rings. The normalized spacial score (nSPS) is 12.5. The van der Waals surface area contributed by atoms with E-state index in [2.05, 4.69) is 19.9 Å². The van der Waals surface area contributed by atoms with Crippen LogP contribution in [0.1, 0.15) is 37.8 Å². The minimum Gasteiger partial charge on any atom is -0.490 e. The fraction of sp³-hybridized carbons (Fsp3) is 0.533. The molecule has 0 amide bonds. The Labute approximate surface area is 114 Å². The summed E-state index contributed by atoms with van der Waals surface area (Å²) in [5, 5.41) is 8.99. The number of carboxylic acid groups (broad SMARTS) is 1. The van der Waals surface area contributed by atoms with E-state index in [1.54, 1.807) is 6.92 Å². The van der Waals surface area contributed by atoms with Gasteiger partial charge < -0.3 is 14.6 Å². The molecule has 0 aliphatic carbocycles. The molecule has 0 heterocycles. The van der Waals surface area contributed by atoms with Crippen LogP contribution in [0.5, 0.6) is 5.75 Å². The molecule has 0 spiro atoms. The molecule has 1 aromatic carbocycles. The number of hydrogen-bond donors (Lipinski definition) is 1. The molecule has 0 aliphatic heterocycles. The van der Waals surface area contributed by atoms with Crippen LogP contribution in [-0.2, 0) is 9.53 Å². The summed E-state index contributed by atoms with van der Waals surface area (Å²) in [4.78, 5) is 11.0. The van der Waals surface area contributed by atoms with Crippen LogP contribution in [0.25, 0.3) is 0 Å². The van der Waals surface area contributed by atoms with Gasteiger partial charge in [0.1, 0.15) is 12.4 Å². The number of benzene rings is 1. The number of carboxylic acids is 1. The molecule has 1 N–H and O–H groups in total. The molecule has 0 aromatic heterocycles. The molecule has 4 nitrogen and oxygen atoms in total. The molecule has 1 aromatic rings. The fourth-order valence-corrected chi connectivity index (χ4v) is 1.69. The molecule has 0 saturated carbocycles. The third-order valence-corrected chi connectivity index (χ3v) is 2.91. The second-order valence-electron chi connectivity index (χ2n) is 4.77. The van der Waals surface area contributed by atoms with Crippen molar-refractivity contribution in [1.82, 2.24) is 0 Å². The van der Waals surface area contributed by atoms with Gasteiger partial charge in [0.15, 0.2) is 6.10 Å². The van der Waals surface area contributed by atoms with E-state index in [0.717, 1.165) is 11.3 Å². The Balaban J connectivity index is 2.75. The first-order valence-corrected chi connectivity index (χ1v) is 6.53. The van der Waals surface area contributed by atoms with E-state index in [-0.39, 0.29) is 6.61 Å². The highest BCUT2D eigenvalue weighted by Crippen LogP contribution is 2.24. The van der Waals surface area contributed by atoms with Crippen molar-refractivity contribution in [3.8, 4) is 5.75 Å². The summed E-state index contributed by atoms with van der Waals surface area (Å²) in [6.45, 7) is 8.29. The SMILES string of the molecule is CCOC(COc1cc(C(C)C)ccc1C)C(=O)O. The Kier molecular flexibility index (Phi) is 5.83. The van der Waals surface area contributed by atoms with Crippen molar-refractivity contribution < 1.29 is 19.4 Å². The van der Waals surface area contributed by atoms with Gasteiger partial charge in [0.25, 0.3) is 0 Å². The first-order valence-electron chi connectivity index (χ1n) is 6.53. The molecule has 0 aliphatic rings. The van der Waals surface area contributed by atoms with Crippen molar-refractivity contribution in [3.05, 3.63) is 29.3 Å². The minimum atomic E-state index is -1.00. The average molecular weight is 266 g/mol. The second kappa shape index (κ2) is 7.14. The van der Waals surface area contributed by atoms with Crippen LogP contribution < -0.4 is 4.74 Å². The smallest absolute Gasteiger partial charge is 0.336 e. The maximum absolute atomic E-state index is 11.0. The first kappa shape index (κ1) is 15.5. The number of ether oxygens (including phenoxy) is 2. The molecule has 0 bridgehead atoms. The molecule has 4 heteroatoms. The molecule has 1 unspecified atom stereocenters. The van der Waals surface area contributed by atoms with Crippen LogP contribution in [0.4, 0.5) is 0 Å². The lowest BCUT2D eigenvalue weighted by Gasteiger charge is -2.16. The van der Waals surface area contributed by atoms with E-state index < -0.39 is 12.1 Å². The third-order valence-electron chi connectivity index (χ3n) is 2.91. The van der Waals surface area contributed by atoms with Gasteiger partial charge in [-0.25, -0.2) is 4.79 Å². The van der Waals surface area contributed by atoms with Gasteiger partial charge in [-0.2, -0.15) is 0 Å². The van der Waals surface area contributed by atoms with Crippen molar-refractivity contribution in [2.45, 2.75) is 39.7 Å². The van der Waals surface area contributed by atoms with Crippen LogP contribution in [0.3, 0.4) is 0 Å². The Hall–Kier alpha value is -1.55. The predicted molar refractivity (Wildman–Crippen MR) is 73.8 cm³/mol. The molecule has 0 radical (unpaired) electrons. The van der Waals surface area contributed by atoms with Crippen LogP contribution in [0, 0.1) is 6.92 Å². The average Bonchev–Trinajstić information content (AvgIpc) is 2.35. The highest BCUT2D eigenvalue weighted by Gasteiger charge is 2.18. The Bertz CT molecular complexity index is 426. The lowest BCUT2D eigenvalue weighted by atomic mass is 10.0. The standard InChI is InChI=1S/C15H22O4/c1-5-18-14(15(16)17)9-19-13-8-12(10(2)3)7-6-11(13)4/h6-8,10,14H,5,9H2,1-4H3,(H,16,17). The molecule has 19 heavy (non-hydrogen) atoms. The number of rotatable bonds is 7. The minimum absolute atomic E-state index is 0.0194. The Morgan fingerprint density at radius 1 is 1.37 bits per heavy atom. The van der Waals surface area contributed by atoms with Crippen molar-refractivity contribution in [3.63, 3.8) is 0 Å². The largest absolute Gasteiger partial charge is 0.490 e. The van der Waals surface area contributed by atoms with Gasteiger partial charge in [-0.1, -0.05) is 26.0 Å². The van der Waals surface area contributed by atoms with Crippen molar-refractivity contribution in [2.24, 2.45) is 0 Å². The second-order valence-corrected chi connectivity index (χ2v) is 4.77. The van der Waals surface area contributed by atoms with Crippen LogP contribution in [0.15, 0.2) is 18.2 Å². The summed E-state index contributed by atoms with van der Waals surface area (Å²) in [7, 11) is 0.